The van der Waals surface area contributed by atoms with Gasteiger partial charge in [-0.1, -0.05) is 6.92 Å². The Morgan fingerprint density at radius 2 is 2.26 bits per heavy atom. The number of nitrogens with zero attached hydrogens (tertiary/aromatic N) is 2. The molecule has 1 amide bonds. The highest BCUT2D eigenvalue weighted by molar-refractivity contribution is 5.93. The van der Waals surface area contributed by atoms with Gasteiger partial charge in [0, 0.05) is 37.6 Å². The summed E-state index contributed by atoms with van der Waals surface area (Å²) in [5.74, 6) is -0.220. The topological polar surface area (TPSA) is 79.8 Å². The average Bonchev–Trinajstić information content (AvgIpc) is 2.77. The molecule has 6 heteroatoms. The number of hydrogen-bond acceptors (Lipinski definition) is 3. The molecule has 100 valence electrons. The Morgan fingerprint density at radius 3 is 2.89 bits per heavy atom. The minimum Gasteiger partial charge on any atom is -0.348 e. The summed E-state index contributed by atoms with van der Waals surface area (Å²) >= 11 is 0. The average molecular weight is 260 g/mol. The Labute approximate surface area is 110 Å². The summed E-state index contributed by atoms with van der Waals surface area (Å²) in [6, 6.07) is 2.83. The van der Waals surface area contributed by atoms with E-state index in [1.807, 2.05) is 20.2 Å². The quantitative estimate of drug-likeness (QED) is 0.844. The number of pyridine rings is 1. The number of amides is 1. The third kappa shape index (κ3) is 3.09. The molecular weight excluding hydrogens is 244 g/mol. The highest BCUT2D eigenvalue weighted by Crippen LogP contribution is 2.07. The lowest BCUT2D eigenvalue weighted by atomic mass is 10.2. The smallest absolute Gasteiger partial charge is 0.253 e. The molecule has 0 saturated carbocycles. The number of nitrogens with one attached hydrogen (secondary N) is 2. The van der Waals surface area contributed by atoms with Crippen LogP contribution in [0.15, 0.2) is 29.3 Å². The number of aromatic nitrogens is 3. The molecule has 0 aliphatic rings. The van der Waals surface area contributed by atoms with Gasteiger partial charge in [-0.15, -0.1) is 0 Å². The number of carbonyl (C=O) groups excluding carboxylic acids is 1. The van der Waals surface area contributed by atoms with Crippen LogP contribution in [0.2, 0.25) is 0 Å². The van der Waals surface area contributed by atoms with Gasteiger partial charge in [-0.3, -0.25) is 14.3 Å². The Hall–Kier alpha value is -2.37. The van der Waals surface area contributed by atoms with Crippen LogP contribution in [-0.2, 0) is 20.0 Å². The Bertz CT molecular complexity index is 622. The molecule has 0 atom stereocenters. The normalized spacial score (nSPS) is 10.4. The fourth-order valence-corrected chi connectivity index (χ4v) is 1.86. The van der Waals surface area contributed by atoms with Crippen molar-refractivity contribution in [2.75, 3.05) is 0 Å². The Kier molecular flexibility index (Phi) is 3.79. The first kappa shape index (κ1) is 13.1. The van der Waals surface area contributed by atoms with Crippen molar-refractivity contribution < 1.29 is 4.79 Å². The molecule has 0 unspecified atom stereocenters. The van der Waals surface area contributed by atoms with Gasteiger partial charge in [0.2, 0.25) is 5.56 Å². The van der Waals surface area contributed by atoms with Gasteiger partial charge < -0.3 is 10.3 Å². The van der Waals surface area contributed by atoms with Crippen LogP contribution < -0.4 is 10.9 Å². The first-order chi connectivity index (χ1) is 9.10. The molecule has 2 N–H and O–H groups in total. The largest absolute Gasteiger partial charge is 0.348 e. The molecule has 0 aliphatic carbocycles. The molecule has 0 bridgehead atoms. The second-order valence-corrected chi connectivity index (χ2v) is 4.25. The molecule has 2 rings (SSSR count). The fraction of sp³-hybridized carbons (Fsp3) is 0.308. The molecule has 0 spiro atoms. The van der Waals surface area contributed by atoms with Crippen LogP contribution in [0.5, 0.6) is 0 Å². The lowest BCUT2D eigenvalue weighted by molar-refractivity contribution is 0.0950. The van der Waals surface area contributed by atoms with E-state index >= 15 is 0 Å². The predicted octanol–water partition coefficient (Wildman–Crippen LogP) is 0.601. The molecule has 0 aliphatic heterocycles. The van der Waals surface area contributed by atoms with Crippen LogP contribution in [0.1, 0.15) is 28.5 Å². The zero-order valence-corrected chi connectivity index (χ0v) is 10.9. The molecule has 2 heterocycles. The molecule has 0 radical (unpaired) electrons. The number of hydrogen-bond donors (Lipinski definition) is 2. The highest BCUT2D eigenvalue weighted by atomic mass is 16.1. The van der Waals surface area contributed by atoms with Gasteiger partial charge in [-0.05, 0) is 12.5 Å². The van der Waals surface area contributed by atoms with Crippen molar-refractivity contribution in [3.63, 3.8) is 0 Å². The van der Waals surface area contributed by atoms with Crippen LogP contribution in [0.25, 0.3) is 0 Å². The fourth-order valence-electron chi connectivity index (χ4n) is 1.86. The van der Waals surface area contributed by atoms with Crippen molar-refractivity contribution in [2.45, 2.75) is 19.9 Å². The van der Waals surface area contributed by atoms with Crippen molar-refractivity contribution in [2.24, 2.45) is 7.05 Å². The number of carbonyl (C=O) groups is 1. The van der Waals surface area contributed by atoms with Crippen LogP contribution in [0.4, 0.5) is 0 Å². The lowest BCUT2D eigenvalue weighted by Crippen LogP contribution is -2.24. The van der Waals surface area contributed by atoms with E-state index in [0.29, 0.717) is 12.1 Å². The molecule has 2 aromatic heterocycles. The Morgan fingerprint density at radius 1 is 1.47 bits per heavy atom. The van der Waals surface area contributed by atoms with Gasteiger partial charge in [-0.2, -0.15) is 5.10 Å². The van der Waals surface area contributed by atoms with E-state index in [-0.39, 0.29) is 11.5 Å². The van der Waals surface area contributed by atoms with E-state index in [9.17, 15) is 9.59 Å². The minimum absolute atomic E-state index is 0.220. The Balaban J connectivity index is 2.04. The van der Waals surface area contributed by atoms with E-state index in [0.717, 1.165) is 17.7 Å². The predicted molar refractivity (Wildman–Crippen MR) is 70.8 cm³/mol. The zero-order valence-electron chi connectivity index (χ0n) is 10.9. The van der Waals surface area contributed by atoms with Gasteiger partial charge in [0.1, 0.15) is 0 Å². The van der Waals surface area contributed by atoms with Gasteiger partial charge in [0.05, 0.1) is 11.3 Å². The van der Waals surface area contributed by atoms with E-state index < -0.39 is 0 Å². The van der Waals surface area contributed by atoms with Gasteiger partial charge in [0.25, 0.3) is 5.91 Å². The lowest BCUT2D eigenvalue weighted by Gasteiger charge is -2.04. The minimum atomic E-state index is -0.225. The third-order valence-electron chi connectivity index (χ3n) is 2.81. The van der Waals surface area contributed by atoms with E-state index in [1.54, 1.807) is 4.68 Å². The maximum atomic E-state index is 11.9. The summed E-state index contributed by atoms with van der Waals surface area (Å²) in [4.78, 5) is 25.3. The van der Waals surface area contributed by atoms with Crippen molar-refractivity contribution >= 4 is 5.91 Å². The number of H-pyrrole nitrogens is 1. The maximum Gasteiger partial charge on any atom is 0.253 e. The van der Waals surface area contributed by atoms with E-state index in [4.69, 9.17) is 0 Å². The summed E-state index contributed by atoms with van der Waals surface area (Å²) in [7, 11) is 1.85. The number of aryl methyl sites for hydroxylation is 2. The standard InChI is InChI=1S/C13H16N4O2/c1-3-11-10(8-17(2)16-11)7-15-13(19)9-4-5-12(18)14-6-9/h4-6,8H,3,7H2,1-2H3,(H,14,18)(H,15,19). The molecule has 0 fully saturated rings. The van der Waals surface area contributed by atoms with Gasteiger partial charge >= 0.3 is 0 Å². The highest BCUT2D eigenvalue weighted by Gasteiger charge is 2.09. The van der Waals surface area contributed by atoms with Crippen molar-refractivity contribution in [3.8, 4) is 0 Å². The molecular formula is C13H16N4O2. The van der Waals surface area contributed by atoms with Crippen LogP contribution in [-0.4, -0.2) is 20.7 Å². The van der Waals surface area contributed by atoms with E-state index in [2.05, 4.69) is 15.4 Å². The summed E-state index contributed by atoms with van der Waals surface area (Å²) in [5, 5.41) is 7.12. The summed E-state index contributed by atoms with van der Waals surface area (Å²) in [6.45, 7) is 2.45. The maximum absolute atomic E-state index is 11.9. The molecule has 6 nitrogen and oxygen atoms in total. The van der Waals surface area contributed by atoms with Gasteiger partial charge in [0.15, 0.2) is 0 Å². The van der Waals surface area contributed by atoms with Crippen molar-refractivity contribution in [1.82, 2.24) is 20.1 Å². The first-order valence-corrected chi connectivity index (χ1v) is 6.08. The molecule has 2 aromatic rings. The van der Waals surface area contributed by atoms with Crippen molar-refractivity contribution in [3.05, 3.63) is 51.7 Å². The SMILES string of the molecule is CCc1nn(C)cc1CNC(=O)c1ccc(=O)[nH]c1. The second-order valence-electron chi connectivity index (χ2n) is 4.25. The molecule has 19 heavy (non-hydrogen) atoms. The summed E-state index contributed by atoms with van der Waals surface area (Å²) < 4.78 is 1.74. The van der Waals surface area contributed by atoms with Crippen LogP contribution >= 0.6 is 0 Å². The number of rotatable bonds is 4. The summed E-state index contributed by atoms with van der Waals surface area (Å²) in [6.07, 6.45) is 4.12. The summed E-state index contributed by atoms with van der Waals surface area (Å²) in [5.41, 5.74) is 2.19. The third-order valence-corrected chi connectivity index (χ3v) is 2.81. The second kappa shape index (κ2) is 5.51. The van der Waals surface area contributed by atoms with Crippen LogP contribution in [0.3, 0.4) is 0 Å². The monoisotopic (exact) mass is 260 g/mol. The van der Waals surface area contributed by atoms with Crippen molar-refractivity contribution in [1.29, 1.82) is 0 Å². The molecule has 0 saturated heterocycles. The van der Waals surface area contributed by atoms with E-state index in [1.165, 1.54) is 18.3 Å². The molecule has 0 aromatic carbocycles. The number of aromatic amines is 1. The van der Waals surface area contributed by atoms with Gasteiger partial charge in [-0.25, -0.2) is 0 Å². The first-order valence-electron chi connectivity index (χ1n) is 6.08. The zero-order chi connectivity index (χ0) is 13.8. The van der Waals surface area contributed by atoms with Crippen LogP contribution in [0, 0.1) is 0 Å².